The van der Waals surface area contributed by atoms with Crippen LogP contribution in [-0.2, 0) is 9.53 Å². The minimum Gasteiger partial charge on any atom is -0.464 e. The highest BCUT2D eigenvalue weighted by atomic mass is 16.5. The summed E-state index contributed by atoms with van der Waals surface area (Å²) < 4.78 is 6.81. The van der Waals surface area contributed by atoms with Crippen LogP contribution in [0.5, 0.6) is 0 Å². The average molecular weight is 196 g/mol. The molecule has 1 aromatic heterocycles. The molecule has 1 heterocycles. The molecule has 0 aliphatic carbocycles. The zero-order chi connectivity index (χ0) is 10.4. The van der Waals surface area contributed by atoms with E-state index in [4.69, 9.17) is 4.74 Å². The highest BCUT2D eigenvalue weighted by molar-refractivity contribution is 5.73. The van der Waals surface area contributed by atoms with Crippen LogP contribution >= 0.6 is 0 Å². The summed E-state index contributed by atoms with van der Waals surface area (Å²) in [6, 6.07) is -0.283. The lowest BCUT2D eigenvalue weighted by Gasteiger charge is -2.11. The van der Waals surface area contributed by atoms with Crippen molar-refractivity contribution in [1.82, 2.24) is 9.55 Å². The van der Waals surface area contributed by atoms with Crippen molar-refractivity contribution in [2.45, 2.75) is 32.7 Å². The Morgan fingerprint density at radius 1 is 1.64 bits per heavy atom. The van der Waals surface area contributed by atoms with Crippen molar-refractivity contribution in [3.8, 4) is 0 Å². The van der Waals surface area contributed by atoms with Crippen LogP contribution in [0.1, 0.15) is 32.7 Å². The number of hydrogen-bond acceptors (Lipinski definition) is 3. The number of unbranched alkanes of at least 4 members (excludes halogenated alkanes) is 1. The normalized spacial score (nSPS) is 12.4. The third-order valence-electron chi connectivity index (χ3n) is 2.06. The molecule has 0 radical (unpaired) electrons. The predicted octanol–water partition coefficient (Wildman–Crippen LogP) is 1.79. The zero-order valence-corrected chi connectivity index (χ0v) is 8.64. The molecular formula is C10H16N2O2. The van der Waals surface area contributed by atoms with Crippen LogP contribution in [0.2, 0.25) is 0 Å². The van der Waals surface area contributed by atoms with E-state index in [9.17, 15) is 4.79 Å². The Morgan fingerprint density at radius 2 is 2.43 bits per heavy atom. The van der Waals surface area contributed by atoms with Gasteiger partial charge in [0, 0.05) is 12.4 Å². The van der Waals surface area contributed by atoms with Gasteiger partial charge < -0.3 is 9.30 Å². The van der Waals surface area contributed by atoms with Gasteiger partial charge in [0.1, 0.15) is 6.04 Å². The lowest BCUT2D eigenvalue weighted by atomic mass is 10.3. The molecule has 4 heteroatoms. The Labute approximate surface area is 83.9 Å². The van der Waals surface area contributed by atoms with E-state index in [0.29, 0.717) is 6.61 Å². The molecule has 0 aromatic carbocycles. The van der Waals surface area contributed by atoms with E-state index in [2.05, 4.69) is 11.9 Å². The van der Waals surface area contributed by atoms with Gasteiger partial charge in [0.15, 0.2) is 0 Å². The third-order valence-corrected chi connectivity index (χ3v) is 2.06. The maximum absolute atomic E-state index is 11.4. The van der Waals surface area contributed by atoms with Gasteiger partial charge in [0.05, 0.1) is 12.9 Å². The van der Waals surface area contributed by atoms with Gasteiger partial charge in [-0.3, -0.25) is 0 Å². The fourth-order valence-electron chi connectivity index (χ4n) is 1.06. The first-order valence-electron chi connectivity index (χ1n) is 4.89. The van der Waals surface area contributed by atoms with Crippen LogP contribution in [0.4, 0.5) is 0 Å². The van der Waals surface area contributed by atoms with Gasteiger partial charge in [-0.1, -0.05) is 13.3 Å². The van der Waals surface area contributed by atoms with E-state index in [0.717, 1.165) is 12.8 Å². The maximum atomic E-state index is 11.4. The van der Waals surface area contributed by atoms with Crippen LogP contribution in [-0.4, -0.2) is 22.1 Å². The van der Waals surface area contributed by atoms with Gasteiger partial charge in [0.2, 0.25) is 0 Å². The van der Waals surface area contributed by atoms with E-state index < -0.39 is 0 Å². The summed E-state index contributed by atoms with van der Waals surface area (Å²) in [5, 5.41) is 0. The molecule has 1 rings (SSSR count). The second kappa shape index (κ2) is 5.42. The average Bonchev–Trinajstić information content (AvgIpc) is 2.69. The topological polar surface area (TPSA) is 44.1 Å². The highest BCUT2D eigenvalue weighted by Gasteiger charge is 2.14. The molecule has 1 aromatic rings. The van der Waals surface area contributed by atoms with Gasteiger partial charge >= 0.3 is 5.97 Å². The van der Waals surface area contributed by atoms with E-state index in [-0.39, 0.29) is 12.0 Å². The van der Waals surface area contributed by atoms with E-state index in [1.807, 2.05) is 0 Å². The molecule has 0 saturated heterocycles. The number of ether oxygens (including phenoxy) is 1. The van der Waals surface area contributed by atoms with Crippen LogP contribution in [0.15, 0.2) is 18.7 Å². The van der Waals surface area contributed by atoms with Gasteiger partial charge in [-0.15, -0.1) is 0 Å². The molecule has 0 amide bonds. The zero-order valence-electron chi connectivity index (χ0n) is 8.64. The molecule has 4 nitrogen and oxygen atoms in total. The number of nitrogens with zero attached hydrogens (tertiary/aromatic N) is 2. The smallest absolute Gasteiger partial charge is 0.328 e. The molecule has 0 aliphatic rings. The lowest BCUT2D eigenvalue weighted by molar-refractivity contribution is -0.147. The highest BCUT2D eigenvalue weighted by Crippen LogP contribution is 2.06. The first-order valence-corrected chi connectivity index (χ1v) is 4.89. The number of carbonyl (C=O) groups is 1. The van der Waals surface area contributed by atoms with Crippen molar-refractivity contribution in [3.05, 3.63) is 18.7 Å². The molecule has 0 spiro atoms. The summed E-state index contributed by atoms with van der Waals surface area (Å²) in [4.78, 5) is 15.3. The van der Waals surface area contributed by atoms with Crippen LogP contribution in [0.3, 0.4) is 0 Å². The van der Waals surface area contributed by atoms with Crippen molar-refractivity contribution in [3.63, 3.8) is 0 Å². The summed E-state index contributed by atoms with van der Waals surface area (Å²) in [5.74, 6) is -0.198. The van der Waals surface area contributed by atoms with Crippen molar-refractivity contribution >= 4 is 5.97 Å². The summed E-state index contributed by atoms with van der Waals surface area (Å²) in [6.07, 6.45) is 6.97. The van der Waals surface area contributed by atoms with Gasteiger partial charge in [-0.25, -0.2) is 9.78 Å². The van der Waals surface area contributed by atoms with E-state index in [1.165, 1.54) is 0 Å². The van der Waals surface area contributed by atoms with Crippen molar-refractivity contribution in [2.24, 2.45) is 0 Å². The van der Waals surface area contributed by atoms with Crippen molar-refractivity contribution in [1.29, 1.82) is 0 Å². The summed E-state index contributed by atoms with van der Waals surface area (Å²) in [6.45, 7) is 4.37. The molecule has 14 heavy (non-hydrogen) atoms. The molecule has 0 saturated carbocycles. The molecule has 0 aliphatic heterocycles. The van der Waals surface area contributed by atoms with Crippen LogP contribution in [0.25, 0.3) is 0 Å². The van der Waals surface area contributed by atoms with Crippen molar-refractivity contribution < 1.29 is 9.53 Å². The van der Waals surface area contributed by atoms with Crippen molar-refractivity contribution in [2.75, 3.05) is 6.61 Å². The Balaban J connectivity index is 2.37. The molecule has 1 unspecified atom stereocenters. The van der Waals surface area contributed by atoms with E-state index in [1.54, 1.807) is 30.2 Å². The molecule has 0 fully saturated rings. The molecule has 1 atom stereocenters. The lowest BCUT2D eigenvalue weighted by Crippen LogP contribution is -2.18. The quantitative estimate of drug-likeness (QED) is 0.532. The van der Waals surface area contributed by atoms with Gasteiger partial charge in [-0.05, 0) is 13.3 Å². The monoisotopic (exact) mass is 196 g/mol. The Bertz CT molecular complexity index is 270. The Kier molecular flexibility index (Phi) is 4.16. The number of imidazole rings is 1. The molecule has 0 bridgehead atoms. The minimum absolute atomic E-state index is 0.198. The first-order chi connectivity index (χ1) is 6.75. The first kappa shape index (κ1) is 10.8. The minimum atomic E-state index is -0.283. The SMILES string of the molecule is CCCCOC(=O)C(C)n1ccnc1. The molecule has 78 valence electrons. The van der Waals surface area contributed by atoms with Crippen LogP contribution in [0, 0.1) is 0 Å². The Hall–Kier alpha value is -1.32. The third kappa shape index (κ3) is 2.87. The van der Waals surface area contributed by atoms with Gasteiger partial charge in [0.25, 0.3) is 0 Å². The second-order valence-electron chi connectivity index (χ2n) is 3.21. The molecule has 0 N–H and O–H groups in total. The number of aromatic nitrogens is 2. The predicted molar refractivity (Wildman–Crippen MR) is 52.8 cm³/mol. The largest absolute Gasteiger partial charge is 0.464 e. The van der Waals surface area contributed by atoms with E-state index >= 15 is 0 Å². The van der Waals surface area contributed by atoms with Gasteiger partial charge in [-0.2, -0.15) is 0 Å². The summed E-state index contributed by atoms with van der Waals surface area (Å²) in [7, 11) is 0. The summed E-state index contributed by atoms with van der Waals surface area (Å²) >= 11 is 0. The Morgan fingerprint density at radius 3 is 3.00 bits per heavy atom. The standard InChI is InChI=1S/C10H16N2O2/c1-3-4-7-14-10(13)9(2)12-6-5-11-8-12/h5-6,8-9H,3-4,7H2,1-2H3. The number of esters is 1. The molecular weight excluding hydrogens is 180 g/mol. The number of rotatable bonds is 5. The number of hydrogen-bond donors (Lipinski definition) is 0. The summed E-state index contributed by atoms with van der Waals surface area (Å²) in [5.41, 5.74) is 0. The fraction of sp³-hybridized carbons (Fsp3) is 0.600. The maximum Gasteiger partial charge on any atom is 0.328 e. The van der Waals surface area contributed by atoms with Crippen LogP contribution < -0.4 is 0 Å². The number of carbonyl (C=O) groups excluding carboxylic acids is 1. The second-order valence-corrected chi connectivity index (χ2v) is 3.21. The fourth-order valence-corrected chi connectivity index (χ4v) is 1.06.